The Hall–Kier alpha value is -2.09. The standard InChI is InChI=1S/C14H14.C4H8N2/c1-12-7-9-14(10-8-12)11-13-5-3-2-4-6-13;1-4-2-5-3-6-4/h2-10H,11H2,1H3;3-4H,2H2,1H3,(H,5,6). The van der Waals surface area contributed by atoms with Gasteiger partial charge >= 0.3 is 0 Å². The molecule has 2 heteroatoms. The van der Waals surface area contributed by atoms with Gasteiger partial charge in [-0.3, -0.25) is 4.99 Å². The summed E-state index contributed by atoms with van der Waals surface area (Å²) in [6.45, 7) is 5.17. The summed E-state index contributed by atoms with van der Waals surface area (Å²) < 4.78 is 0. The molecule has 1 N–H and O–H groups in total. The minimum Gasteiger partial charge on any atom is -0.372 e. The minimum absolute atomic E-state index is 0.574. The fraction of sp³-hybridized carbons (Fsp3) is 0.278. The lowest BCUT2D eigenvalue weighted by atomic mass is 10.0. The molecule has 3 rings (SSSR count). The second-order valence-electron chi connectivity index (χ2n) is 5.21. The second kappa shape index (κ2) is 7.49. The Morgan fingerprint density at radius 1 is 1.00 bits per heavy atom. The predicted molar refractivity (Wildman–Crippen MR) is 86.4 cm³/mol. The fourth-order valence-corrected chi connectivity index (χ4v) is 1.98. The number of nitrogens with zero attached hydrogens (tertiary/aromatic N) is 1. The quantitative estimate of drug-likeness (QED) is 0.882. The summed E-state index contributed by atoms with van der Waals surface area (Å²) in [7, 11) is 0. The zero-order chi connectivity index (χ0) is 14.2. The molecule has 20 heavy (non-hydrogen) atoms. The highest BCUT2D eigenvalue weighted by atomic mass is 15.0. The van der Waals surface area contributed by atoms with Crippen molar-refractivity contribution in [1.29, 1.82) is 0 Å². The molecule has 2 aromatic rings. The van der Waals surface area contributed by atoms with Crippen LogP contribution in [0.2, 0.25) is 0 Å². The number of nitrogens with one attached hydrogen (secondary N) is 1. The van der Waals surface area contributed by atoms with Crippen LogP contribution in [0.25, 0.3) is 0 Å². The summed E-state index contributed by atoms with van der Waals surface area (Å²) in [4.78, 5) is 3.93. The van der Waals surface area contributed by atoms with Crippen molar-refractivity contribution in [2.45, 2.75) is 26.3 Å². The van der Waals surface area contributed by atoms with Crippen molar-refractivity contribution in [3.63, 3.8) is 0 Å². The Morgan fingerprint density at radius 3 is 2.15 bits per heavy atom. The van der Waals surface area contributed by atoms with Crippen LogP contribution in [0.15, 0.2) is 59.6 Å². The smallest absolute Gasteiger partial charge is 0.0827 e. The summed E-state index contributed by atoms with van der Waals surface area (Å²) >= 11 is 0. The Kier molecular flexibility index (Phi) is 5.36. The highest BCUT2D eigenvalue weighted by molar-refractivity contribution is 5.57. The van der Waals surface area contributed by atoms with Gasteiger partial charge in [0.15, 0.2) is 0 Å². The average Bonchev–Trinajstić information content (AvgIpc) is 2.94. The van der Waals surface area contributed by atoms with Gasteiger partial charge in [-0.25, -0.2) is 0 Å². The molecule has 2 aromatic carbocycles. The van der Waals surface area contributed by atoms with Gasteiger partial charge in [0.2, 0.25) is 0 Å². The predicted octanol–water partition coefficient (Wildman–Crippen LogP) is 3.59. The van der Waals surface area contributed by atoms with Gasteiger partial charge in [-0.1, -0.05) is 60.2 Å². The third-order valence-electron chi connectivity index (χ3n) is 3.20. The Labute approximate surface area is 121 Å². The van der Waals surface area contributed by atoms with Crippen LogP contribution < -0.4 is 5.32 Å². The molecule has 0 fully saturated rings. The van der Waals surface area contributed by atoms with Crippen molar-refractivity contribution in [2.24, 2.45) is 4.99 Å². The zero-order valence-corrected chi connectivity index (χ0v) is 12.2. The summed E-state index contributed by atoms with van der Waals surface area (Å²) in [6, 6.07) is 19.9. The Bertz CT molecular complexity index is 521. The van der Waals surface area contributed by atoms with Crippen LogP contribution in [-0.4, -0.2) is 18.9 Å². The van der Waals surface area contributed by atoms with Gasteiger partial charge in [-0.15, -0.1) is 0 Å². The van der Waals surface area contributed by atoms with E-state index in [1.165, 1.54) is 16.7 Å². The van der Waals surface area contributed by atoms with Crippen molar-refractivity contribution >= 4 is 6.34 Å². The summed E-state index contributed by atoms with van der Waals surface area (Å²) in [5, 5.41) is 3.03. The first-order valence-corrected chi connectivity index (χ1v) is 7.08. The Balaban J connectivity index is 0.000000205. The molecule has 0 aliphatic carbocycles. The lowest BCUT2D eigenvalue weighted by molar-refractivity contribution is 0.729. The normalized spacial score (nSPS) is 16.2. The van der Waals surface area contributed by atoms with E-state index >= 15 is 0 Å². The van der Waals surface area contributed by atoms with E-state index in [0.717, 1.165) is 13.0 Å². The SMILES string of the molecule is CC1CN=CN1.Cc1ccc(Cc2ccccc2)cc1. The monoisotopic (exact) mass is 266 g/mol. The molecule has 0 saturated heterocycles. The van der Waals surface area contributed by atoms with E-state index in [2.05, 4.69) is 78.8 Å². The molecular weight excluding hydrogens is 244 g/mol. The number of rotatable bonds is 2. The van der Waals surface area contributed by atoms with Crippen molar-refractivity contribution in [1.82, 2.24) is 5.32 Å². The van der Waals surface area contributed by atoms with Crippen LogP contribution in [0.1, 0.15) is 23.6 Å². The van der Waals surface area contributed by atoms with Crippen molar-refractivity contribution < 1.29 is 0 Å². The highest BCUT2D eigenvalue weighted by Gasteiger charge is 1.99. The Morgan fingerprint density at radius 2 is 1.65 bits per heavy atom. The summed E-state index contributed by atoms with van der Waals surface area (Å²) in [6.07, 6.45) is 2.78. The lowest BCUT2D eigenvalue weighted by Gasteiger charge is -2.01. The molecule has 1 unspecified atom stereocenters. The number of benzene rings is 2. The number of hydrogen-bond donors (Lipinski definition) is 1. The van der Waals surface area contributed by atoms with E-state index < -0.39 is 0 Å². The van der Waals surface area contributed by atoms with Gasteiger partial charge < -0.3 is 5.32 Å². The highest BCUT2D eigenvalue weighted by Crippen LogP contribution is 2.09. The summed E-state index contributed by atoms with van der Waals surface area (Å²) in [5.74, 6) is 0. The van der Waals surface area contributed by atoms with E-state index in [1.54, 1.807) is 6.34 Å². The molecule has 1 aliphatic rings. The first-order valence-electron chi connectivity index (χ1n) is 7.08. The van der Waals surface area contributed by atoms with Gasteiger partial charge in [0, 0.05) is 6.04 Å². The van der Waals surface area contributed by atoms with Crippen LogP contribution in [0.4, 0.5) is 0 Å². The van der Waals surface area contributed by atoms with Gasteiger partial charge in [0.05, 0.1) is 12.9 Å². The number of aliphatic imine (C=N–C) groups is 1. The first-order chi connectivity index (χ1) is 9.74. The molecule has 1 atom stereocenters. The van der Waals surface area contributed by atoms with E-state index in [4.69, 9.17) is 0 Å². The number of aryl methyl sites for hydroxylation is 1. The third kappa shape index (κ3) is 4.88. The molecule has 1 aliphatic heterocycles. The van der Waals surface area contributed by atoms with Crippen molar-refractivity contribution in [3.05, 3.63) is 71.3 Å². The maximum Gasteiger partial charge on any atom is 0.0827 e. The van der Waals surface area contributed by atoms with Gasteiger partial charge in [0.25, 0.3) is 0 Å². The second-order valence-corrected chi connectivity index (χ2v) is 5.21. The van der Waals surface area contributed by atoms with Crippen LogP contribution in [0.3, 0.4) is 0 Å². The lowest BCUT2D eigenvalue weighted by Crippen LogP contribution is -2.19. The van der Waals surface area contributed by atoms with Gasteiger partial charge in [-0.05, 0) is 31.4 Å². The third-order valence-corrected chi connectivity index (χ3v) is 3.20. The molecule has 0 saturated carbocycles. The van der Waals surface area contributed by atoms with Crippen molar-refractivity contribution in [3.8, 4) is 0 Å². The molecular formula is C18H22N2. The van der Waals surface area contributed by atoms with Crippen LogP contribution in [-0.2, 0) is 6.42 Å². The largest absolute Gasteiger partial charge is 0.372 e. The maximum atomic E-state index is 3.93. The first kappa shape index (κ1) is 14.3. The van der Waals surface area contributed by atoms with E-state index in [0.29, 0.717) is 6.04 Å². The zero-order valence-electron chi connectivity index (χ0n) is 12.2. The molecule has 0 radical (unpaired) electrons. The van der Waals surface area contributed by atoms with Crippen molar-refractivity contribution in [2.75, 3.05) is 6.54 Å². The molecule has 0 aromatic heterocycles. The van der Waals surface area contributed by atoms with Gasteiger partial charge in [-0.2, -0.15) is 0 Å². The van der Waals surface area contributed by atoms with E-state index in [9.17, 15) is 0 Å². The van der Waals surface area contributed by atoms with Crippen LogP contribution >= 0.6 is 0 Å². The maximum absolute atomic E-state index is 3.93. The molecule has 104 valence electrons. The minimum atomic E-state index is 0.574. The van der Waals surface area contributed by atoms with E-state index in [1.807, 2.05) is 0 Å². The molecule has 0 bridgehead atoms. The van der Waals surface area contributed by atoms with Crippen LogP contribution in [0.5, 0.6) is 0 Å². The van der Waals surface area contributed by atoms with Gasteiger partial charge in [0.1, 0.15) is 0 Å². The fourth-order valence-electron chi connectivity index (χ4n) is 1.98. The molecule has 0 amide bonds. The molecule has 1 heterocycles. The van der Waals surface area contributed by atoms with E-state index in [-0.39, 0.29) is 0 Å². The van der Waals surface area contributed by atoms with Crippen LogP contribution in [0, 0.1) is 6.92 Å². The molecule has 2 nitrogen and oxygen atoms in total. The summed E-state index contributed by atoms with van der Waals surface area (Å²) in [5.41, 5.74) is 4.07. The number of hydrogen-bond acceptors (Lipinski definition) is 2. The molecule has 0 spiro atoms. The average molecular weight is 266 g/mol. The topological polar surface area (TPSA) is 24.4 Å².